The molecule has 1 heterocycles. The lowest BCUT2D eigenvalue weighted by Crippen LogP contribution is -2.62. The van der Waals surface area contributed by atoms with Gasteiger partial charge in [-0.25, -0.2) is 0 Å². The number of nitrogens with two attached hydrogens (primary N) is 1. The fourth-order valence-electron chi connectivity index (χ4n) is 3.41. The van der Waals surface area contributed by atoms with Gasteiger partial charge in [-0.05, 0) is 43.1 Å². The highest BCUT2D eigenvalue weighted by atomic mass is 15.2. The number of nitrogens with zero attached hydrogens (tertiary/aromatic N) is 1. The largest absolute Gasteiger partial charge is 0.330 e. The Labute approximate surface area is 87.8 Å². The summed E-state index contributed by atoms with van der Waals surface area (Å²) < 4.78 is 0. The van der Waals surface area contributed by atoms with Crippen LogP contribution in [-0.4, -0.2) is 31.1 Å². The Bertz CT molecular complexity index is 186. The summed E-state index contributed by atoms with van der Waals surface area (Å²) >= 11 is 0. The molecule has 1 spiro atoms. The lowest BCUT2D eigenvalue weighted by atomic mass is 9.57. The van der Waals surface area contributed by atoms with Crippen LogP contribution in [-0.2, 0) is 0 Å². The van der Waals surface area contributed by atoms with Crippen LogP contribution in [0.25, 0.3) is 0 Å². The van der Waals surface area contributed by atoms with Crippen molar-refractivity contribution in [1.82, 2.24) is 4.90 Å². The van der Waals surface area contributed by atoms with Gasteiger partial charge in [-0.3, -0.25) is 0 Å². The maximum atomic E-state index is 5.57. The summed E-state index contributed by atoms with van der Waals surface area (Å²) in [6.07, 6.45) is 4.17. The van der Waals surface area contributed by atoms with Crippen LogP contribution in [0.3, 0.4) is 0 Å². The van der Waals surface area contributed by atoms with Crippen molar-refractivity contribution in [3.63, 3.8) is 0 Å². The van der Waals surface area contributed by atoms with Crippen molar-refractivity contribution in [2.45, 2.75) is 33.1 Å². The van der Waals surface area contributed by atoms with Gasteiger partial charge < -0.3 is 10.6 Å². The second kappa shape index (κ2) is 3.82. The normalized spacial score (nSPS) is 26.6. The van der Waals surface area contributed by atoms with E-state index < -0.39 is 0 Å². The van der Waals surface area contributed by atoms with Crippen LogP contribution in [0.5, 0.6) is 0 Å². The smallest absolute Gasteiger partial charge is 0.00508 e. The summed E-state index contributed by atoms with van der Waals surface area (Å²) in [6, 6.07) is 0. The lowest BCUT2D eigenvalue weighted by Gasteiger charge is -2.60. The topological polar surface area (TPSA) is 29.3 Å². The molecular formula is C12H24N2. The van der Waals surface area contributed by atoms with E-state index in [0.717, 1.165) is 23.8 Å². The molecule has 0 atom stereocenters. The Morgan fingerprint density at radius 2 is 2.00 bits per heavy atom. The van der Waals surface area contributed by atoms with Crippen molar-refractivity contribution in [3.8, 4) is 0 Å². The SMILES string of the molecule is CC(C)CN1CC2(CC(CCN)C2)C1. The summed E-state index contributed by atoms with van der Waals surface area (Å²) in [7, 11) is 0. The molecule has 82 valence electrons. The average molecular weight is 196 g/mol. The van der Waals surface area contributed by atoms with Crippen molar-refractivity contribution < 1.29 is 0 Å². The van der Waals surface area contributed by atoms with Gasteiger partial charge in [0.25, 0.3) is 0 Å². The highest BCUT2D eigenvalue weighted by Gasteiger charge is 2.51. The van der Waals surface area contributed by atoms with E-state index in [1.807, 2.05) is 0 Å². The molecule has 2 aliphatic rings. The standard InChI is InChI=1S/C12H24N2/c1-10(2)7-14-8-12(9-14)5-11(6-12)3-4-13/h10-11H,3-9,13H2,1-2H3. The molecule has 0 bridgehead atoms. The van der Waals surface area contributed by atoms with Crippen LogP contribution in [0, 0.1) is 17.3 Å². The molecule has 0 unspecified atom stereocenters. The zero-order valence-electron chi connectivity index (χ0n) is 9.63. The molecule has 1 saturated heterocycles. The van der Waals surface area contributed by atoms with Crippen LogP contribution < -0.4 is 5.73 Å². The predicted molar refractivity (Wildman–Crippen MR) is 60.1 cm³/mol. The van der Waals surface area contributed by atoms with Gasteiger partial charge >= 0.3 is 0 Å². The van der Waals surface area contributed by atoms with Gasteiger partial charge in [-0.1, -0.05) is 13.8 Å². The van der Waals surface area contributed by atoms with E-state index in [4.69, 9.17) is 5.73 Å². The Morgan fingerprint density at radius 1 is 1.36 bits per heavy atom. The first-order valence-electron chi connectivity index (χ1n) is 6.06. The third-order valence-electron chi connectivity index (χ3n) is 3.76. The van der Waals surface area contributed by atoms with Crippen LogP contribution in [0.4, 0.5) is 0 Å². The molecular weight excluding hydrogens is 172 g/mol. The first kappa shape index (κ1) is 10.4. The number of hydrogen-bond donors (Lipinski definition) is 1. The minimum absolute atomic E-state index is 0.745. The second-order valence-electron chi connectivity index (χ2n) is 5.92. The van der Waals surface area contributed by atoms with Crippen molar-refractivity contribution in [2.75, 3.05) is 26.2 Å². The highest BCUT2D eigenvalue weighted by Crippen LogP contribution is 2.52. The predicted octanol–water partition coefficient (Wildman–Crippen LogP) is 1.70. The number of hydrogen-bond acceptors (Lipinski definition) is 2. The average Bonchev–Trinajstić information content (AvgIpc) is 1.95. The molecule has 0 amide bonds. The van der Waals surface area contributed by atoms with Crippen molar-refractivity contribution >= 4 is 0 Å². The first-order chi connectivity index (χ1) is 6.63. The second-order valence-corrected chi connectivity index (χ2v) is 5.92. The molecule has 1 aliphatic heterocycles. The fraction of sp³-hybridized carbons (Fsp3) is 1.00. The fourth-order valence-corrected chi connectivity index (χ4v) is 3.41. The summed E-state index contributed by atoms with van der Waals surface area (Å²) in [6.45, 7) is 9.53. The highest BCUT2D eigenvalue weighted by molar-refractivity contribution is 5.04. The van der Waals surface area contributed by atoms with Crippen molar-refractivity contribution in [3.05, 3.63) is 0 Å². The third-order valence-corrected chi connectivity index (χ3v) is 3.76. The van der Waals surface area contributed by atoms with E-state index in [-0.39, 0.29) is 0 Å². The third kappa shape index (κ3) is 1.96. The van der Waals surface area contributed by atoms with Crippen molar-refractivity contribution in [1.29, 1.82) is 0 Å². The van der Waals surface area contributed by atoms with Gasteiger partial charge in [-0.15, -0.1) is 0 Å². The van der Waals surface area contributed by atoms with Gasteiger partial charge in [0.05, 0.1) is 0 Å². The van der Waals surface area contributed by atoms with Crippen LogP contribution in [0.2, 0.25) is 0 Å². The Kier molecular flexibility index (Phi) is 2.85. The summed E-state index contributed by atoms with van der Waals surface area (Å²) in [5.41, 5.74) is 6.31. The first-order valence-corrected chi connectivity index (χ1v) is 6.06. The molecule has 0 radical (unpaired) electrons. The van der Waals surface area contributed by atoms with Gasteiger partial charge in [0.15, 0.2) is 0 Å². The molecule has 2 fully saturated rings. The summed E-state index contributed by atoms with van der Waals surface area (Å²) in [5.74, 6) is 1.79. The van der Waals surface area contributed by atoms with Crippen LogP contribution in [0.1, 0.15) is 33.1 Å². The molecule has 14 heavy (non-hydrogen) atoms. The molecule has 2 heteroatoms. The zero-order valence-corrected chi connectivity index (χ0v) is 9.63. The molecule has 1 aliphatic carbocycles. The van der Waals surface area contributed by atoms with Gasteiger partial charge in [0, 0.05) is 19.6 Å². The zero-order chi connectivity index (χ0) is 10.2. The summed E-state index contributed by atoms with van der Waals surface area (Å²) in [5, 5.41) is 0. The quantitative estimate of drug-likeness (QED) is 0.741. The van der Waals surface area contributed by atoms with E-state index >= 15 is 0 Å². The minimum Gasteiger partial charge on any atom is -0.330 e. The van der Waals surface area contributed by atoms with E-state index in [1.54, 1.807) is 0 Å². The lowest BCUT2D eigenvalue weighted by molar-refractivity contribution is -0.0987. The minimum atomic E-state index is 0.745. The molecule has 2 nitrogen and oxygen atoms in total. The number of likely N-dealkylation sites (tertiary alicyclic amines) is 1. The summed E-state index contributed by atoms with van der Waals surface area (Å²) in [4.78, 5) is 2.61. The van der Waals surface area contributed by atoms with E-state index in [9.17, 15) is 0 Å². The molecule has 2 N–H and O–H groups in total. The Hall–Kier alpha value is -0.0800. The maximum Gasteiger partial charge on any atom is 0.00508 e. The van der Waals surface area contributed by atoms with Crippen LogP contribution >= 0.6 is 0 Å². The molecule has 0 aromatic rings. The van der Waals surface area contributed by atoms with E-state index in [2.05, 4.69) is 18.7 Å². The molecule has 0 aromatic carbocycles. The van der Waals surface area contributed by atoms with Gasteiger partial charge in [0.1, 0.15) is 0 Å². The molecule has 1 saturated carbocycles. The Balaban J connectivity index is 1.64. The van der Waals surface area contributed by atoms with Gasteiger partial charge in [-0.2, -0.15) is 0 Å². The Morgan fingerprint density at radius 3 is 2.50 bits per heavy atom. The maximum absolute atomic E-state index is 5.57. The van der Waals surface area contributed by atoms with Crippen molar-refractivity contribution in [2.24, 2.45) is 23.0 Å². The van der Waals surface area contributed by atoms with Gasteiger partial charge in [0.2, 0.25) is 0 Å². The monoisotopic (exact) mass is 196 g/mol. The molecule has 2 rings (SSSR count). The van der Waals surface area contributed by atoms with E-state index in [1.165, 1.54) is 38.9 Å². The number of rotatable bonds is 4. The van der Waals surface area contributed by atoms with Crippen LogP contribution in [0.15, 0.2) is 0 Å². The molecule has 0 aromatic heterocycles. The van der Waals surface area contributed by atoms with E-state index in [0.29, 0.717) is 0 Å².